The van der Waals surface area contributed by atoms with Crippen molar-refractivity contribution in [3.63, 3.8) is 0 Å². The van der Waals surface area contributed by atoms with Crippen molar-refractivity contribution in [2.75, 3.05) is 0 Å². The van der Waals surface area contributed by atoms with E-state index in [9.17, 15) is 4.79 Å². The van der Waals surface area contributed by atoms with Crippen molar-refractivity contribution in [1.82, 2.24) is 5.48 Å². The summed E-state index contributed by atoms with van der Waals surface area (Å²) in [6.45, 7) is 1.72. The molecule has 1 aromatic rings. The lowest BCUT2D eigenvalue weighted by Crippen LogP contribution is -2.18. The molecule has 0 spiro atoms. The molecule has 0 aliphatic heterocycles. The number of carbonyl (C=O) groups excluding carboxylic acids is 1. The fraction of sp³-hybridized carbons (Fsp3) is 0.167. The molecule has 4 heteroatoms. The molecule has 0 aliphatic rings. The fourth-order valence-corrected chi connectivity index (χ4v) is 0.656. The smallest absolute Gasteiger partial charge is 0.310 e. The van der Waals surface area contributed by atoms with Gasteiger partial charge in [0.1, 0.15) is 0 Å². The van der Waals surface area contributed by atoms with Gasteiger partial charge in [0, 0.05) is 5.56 Å². The highest BCUT2D eigenvalue weighted by atomic mass is 16.5. The van der Waals surface area contributed by atoms with E-state index in [0.29, 0.717) is 5.56 Å². The Hall–Kier alpha value is -1.29. The zero-order valence-electron chi connectivity index (χ0n) is 5.42. The molecule has 0 saturated carbocycles. The molecule has 0 saturated heterocycles. The number of hydrogen-bond acceptors (Lipinski definition) is 3. The molecule has 0 atom stereocenters. The molecular formula is C6H7NO3. The minimum absolute atomic E-state index is 0.141. The van der Waals surface area contributed by atoms with E-state index < -0.39 is 5.91 Å². The van der Waals surface area contributed by atoms with Gasteiger partial charge in [-0.05, 0) is 13.0 Å². The van der Waals surface area contributed by atoms with Crippen LogP contribution in [0.15, 0.2) is 16.7 Å². The van der Waals surface area contributed by atoms with Crippen molar-refractivity contribution in [2.45, 2.75) is 6.92 Å². The van der Waals surface area contributed by atoms with Crippen LogP contribution < -0.4 is 5.48 Å². The highest BCUT2D eigenvalue weighted by Gasteiger charge is 2.09. The molecule has 4 nitrogen and oxygen atoms in total. The molecule has 0 fully saturated rings. The van der Waals surface area contributed by atoms with E-state index in [1.165, 1.54) is 11.7 Å². The quantitative estimate of drug-likeness (QED) is 0.447. The van der Waals surface area contributed by atoms with Crippen LogP contribution >= 0.6 is 0 Å². The summed E-state index contributed by atoms with van der Waals surface area (Å²) >= 11 is 0. The fourth-order valence-electron chi connectivity index (χ4n) is 0.656. The van der Waals surface area contributed by atoms with Crippen LogP contribution in [0.25, 0.3) is 0 Å². The van der Waals surface area contributed by atoms with Crippen LogP contribution in [0.1, 0.15) is 16.1 Å². The molecule has 1 aromatic heterocycles. The van der Waals surface area contributed by atoms with Crippen LogP contribution in [-0.2, 0) is 0 Å². The summed E-state index contributed by atoms with van der Waals surface area (Å²) in [5.74, 6) is -0.481. The molecule has 0 radical (unpaired) electrons. The topological polar surface area (TPSA) is 62.5 Å². The van der Waals surface area contributed by atoms with E-state index in [1.807, 2.05) is 0 Å². The molecule has 1 amide bonds. The summed E-state index contributed by atoms with van der Waals surface area (Å²) in [5.41, 5.74) is 2.18. The van der Waals surface area contributed by atoms with Gasteiger partial charge in [0.15, 0.2) is 5.76 Å². The van der Waals surface area contributed by atoms with Crippen molar-refractivity contribution < 1.29 is 14.4 Å². The van der Waals surface area contributed by atoms with E-state index in [1.54, 1.807) is 13.0 Å². The number of aryl methyl sites for hydroxylation is 1. The molecule has 1 rings (SSSR count). The lowest BCUT2D eigenvalue weighted by atomic mass is 10.3. The number of carbonyl (C=O) groups is 1. The molecule has 2 N–H and O–H groups in total. The Balaban J connectivity index is 2.93. The first-order valence-corrected chi connectivity index (χ1v) is 2.74. The molecule has 0 aliphatic carbocycles. The Labute approximate surface area is 57.4 Å². The van der Waals surface area contributed by atoms with Crippen molar-refractivity contribution in [3.8, 4) is 0 Å². The second-order valence-electron chi connectivity index (χ2n) is 1.87. The Morgan fingerprint density at radius 3 is 2.90 bits per heavy atom. The van der Waals surface area contributed by atoms with Gasteiger partial charge in [0.2, 0.25) is 0 Å². The summed E-state index contributed by atoms with van der Waals surface area (Å²) in [4.78, 5) is 10.6. The normalized spacial score (nSPS) is 9.40. The Bertz CT molecular complexity index is 241. The van der Waals surface area contributed by atoms with Gasteiger partial charge in [-0.15, -0.1) is 0 Å². The van der Waals surface area contributed by atoms with Crippen LogP contribution in [0.4, 0.5) is 0 Å². The van der Waals surface area contributed by atoms with Crippen LogP contribution in [0.5, 0.6) is 0 Å². The molecule has 0 unspecified atom stereocenters. The zero-order chi connectivity index (χ0) is 7.56. The minimum atomic E-state index is -0.623. The lowest BCUT2D eigenvalue weighted by molar-refractivity contribution is 0.0675. The minimum Gasteiger partial charge on any atom is -0.459 e. The van der Waals surface area contributed by atoms with Crippen LogP contribution in [-0.4, -0.2) is 11.1 Å². The Morgan fingerprint density at radius 2 is 2.50 bits per heavy atom. The number of hydrogen-bond donors (Lipinski definition) is 2. The number of furan rings is 1. The zero-order valence-corrected chi connectivity index (χ0v) is 5.42. The third-order valence-corrected chi connectivity index (χ3v) is 1.17. The first-order valence-electron chi connectivity index (χ1n) is 2.74. The van der Waals surface area contributed by atoms with Gasteiger partial charge in [-0.1, -0.05) is 0 Å². The number of hydroxylamine groups is 1. The van der Waals surface area contributed by atoms with Gasteiger partial charge >= 0.3 is 5.91 Å². The van der Waals surface area contributed by atoms with E-state index in [-0.39, 0.29) is 5.76 Å². The molecular weight excluding hydrogens is 134 g/mol. The van der Waals surface area contributed by atoms with E-state index >= 15 is 0 Å². The average Bonchev–Trinajstić information content (AvgIpc) is 2.34. The maximum atomic E-state index is 10.6. The molecule has 0 aromatic carbocycles. The summed E-state index contributed by atoms with van der Waals surface area (Å²) in [5, 5.41) is 8.17. The summed E-state index contributed by atoms with van der Waals surface area (Å²) < 4.78 is 4.74. The van der Waals surface area contributed by atoms with Gasteiger partial charge in [0.25, 0.3) is 0 Å². The molecule has 54 valence electrons. The standard InChI is InChI=1S/C6H7NO3/c1-4-2-3-10-5(4)6(8)7-9/h2-3,9H,1H3,(H,7,8). The summed E-state index contributed by atoms with van der Waals surface area (Å²) in [7, 11) is 0. The first kappa shape index (κ1) is 6.82. The largest absolute Gasteiger partial charge is 0.459 e. The highest BCUT2D eigenvalue weighted by Crippen LogP contribution is 2.07. The van der Waals surface area contributed by atoms with Crippen LogP contribution in [0.2, 0.25) is 0 Å². The van der Waals surface area contributed by atoms with Crippen molar-refractivity contribution in [1.29, 1.82) is 0 Å². The molecule has 10 heavy (non-hydrogen) atoms. The van der Waals surface area contributed by atoms with Crippen LogP contribution in [0, 0.1) is 6.92 Å². The van der Waals surface area contributed by atoms with Gasteiger partial charge in [-0.3, -0.25) is 10.0 Å². The maximum Gasteiger partial charge on any atom is 0.310 e. The predicted octanol–water partition coefficient (Wildman–Crippen LogP) is 0.707. The second-order valence-corrected chi connectivity index (χ2v) is 1.87. The van der Waals surface area contributed by atoms with E-state index in [0.717, 1.165) is 0 Å². The Kier molecular flexibility index (Phi) is 1.73. The van der Waals surface area contributed by atoms with Gasteiger partial charge < -0.3 is 4.42 Å². The average molecular weight is 141 g/mol. The predicted molar refractivity (Wildman–Crippen MR) is 32.7 cm³/mol. The monoisotopic (exact) mass is 141 g/mol. The summed E-state index contributed by atoms with van der Waals surface area (Å²) in [6, 6.07) is 1.64. The maximum absolute atomic E-state index is 10.6. The third-order valence-electron chi connectivity index (χ3n) is 1.17. The number of rotatable bonds is 1. The van der Waals surface area contributed by atoms with E-state index in [4.69, 9.17) is 9.62 Å². The number of amides is 1. The van der Waals surface area contributed by atoms with Gasteiger partial charge in [-0.25, -0.2) is 5.48 Å². The lowest BCUT2D eigenvalue weighted by Gasteiger charge is -1.92. The van der Waals surface area contributed by atoms with Crippen LogP contribution in [0.3, 0.4) is 0 Å². The van der Waals surface area contributed by atoms with Crippen molar-refractivity contribution >= 4 is 5.91 Å². The third kappa shape index (κ3) is 1.01. The Morgan fingerprint density at radius 1 is 1.80 bits per heavy atom. The van der Waals surface area contributed by atoms with Gasteiger partial charge in [-0.2, -0.15) is 0 Å². The van der Waals surface area contributed by atoms with Crippen molar-refractivity contribution in [3.05, 3.63) is 23.7 Å². The van der Waals surface area contributed by atoms with E-state index in [2.05, 4.69) is 0 Å². The van der Waals surface area contributed by atoms with Crippen molar-refractivity contribution in [2.24, 2.45) is 0 Å². The van der Waals surface area contributed by atoms with Gasteiger partial charge in [0.05, 0.1) is 6.26 Å². The number of nitrogens with one attached hydrogen (secondary N) is 1. The highest BCUT2D eigenvalue weighted by molar-refractivity contribution is 5.91. The summed E-state index contributed by atoms with van der Waals surface area (Å²) in [6.07, 6.45) is 1.39. The molecule has 1 heterocycles. The molecule has 0 bridgehead atoms. The second kappa shape index (κ2) is 2.53. The first-order chi connectivity index (χ1) is 4.75. The SMILES string of the molecule is Cc1ccoc1C(=O)NO.